The Hall–Kier alpha value is -0.730. The first-order valence-corrected chi connectivity index (χ1v) is 5.79. The fourth-order valence-electron chi connectivity index (χ4n) is 1.76. The SMILES string of the molecule is CCN(CC)c1cccc(Cl)c1CNC. The summed E-state index contributed by atoms with van der Waals surface area (Å²) in [4.78, 5) is 2.32. The monoisotopic (exact) mass is 226 g/mol. The van der Waals surface area contributed by atoms with Crippen LogP contribution in [0, 0.1) is 0 Å². The van der Waals surface area contributed by atoms with Gasteiger partial charge in [0.15, 0.2) is 0 Å². The van der Waals surface area contributed by atoms with E-state index in [0.717, 1.165) is 24.7 Å². The van der Waals surface area contributed by atoms with Crippen LogP contribution in [0.15, 0.2) is 18.2 Å². The van der Waals surface area contributed by atoms with Gasteiger partial charge in [0, 0.05) is 35.9 Å². The predicted octanol–water partition coefficient (Wildman–Crippen LogP) is 2.91. The number of anilines is 1. The maximum absolute atomic E-state index is 6.20. The Labute approximate surface area is 97.2 Å². The van der Waals surface area contributed by atoms with Gasteiger partial charge in [-0.15, -0.1) is 0 Å². The number of hydrogen-bond acceptors (Lipinski definition) is 2. The molecule has 0 saturated carbocycles. The van der Waals surface area contributed by atoms with Crippen LogP contribution in [0.25, 0.3) is 0 Å². The minimum absolute atomic E-state index is 0.811. The van der Waals surface area contributed by atoms with Gasteiger partial charge in [-0.3, -0.25) is 0 Å². The Kier molecular flexibility index (Phi) is 4.92. The molecule has 1 aromatic carbocycles. The Morgan fingerprint density at radius 3 is 2.47 bits per heavy atom. The normalized spacial score (nSPS) is 10.4. The molecular formula is C12H19ClN2. The first-order chi connectivity index (χ1) is 7.24. The lowest BCUT2D eigenvalue weighted by atomic mass is 10.1. The van der Waals surface area contributed by atoms with Crippen molar-refractivity contribution in [3.63, 3.8) is 0 Å². The van der Waals surface area contributed by atoms with Gasteiger partial charge in [-0.25, -0.2) is 0 Å². The molecule has 0 bridgehead atoms. The number of nitrogens with zero attached hydrogens (tertiary/aromatic N) is 1. The summed E-state index contributed by atoms with van der Waals surface area (Å²) in [5.74, 6) is 0. The van der Waals surface area contributed by atoms with Crippen molar-refractivity contribution in [3.05, 3.63) is 28.8 Å². The van der Waals surface area contributed by atoms with E-state index in [1.807, 2.05) is 19.2 Å². The highest BCUT2D eigenvalue weighted by molar-refractivity contribution is 6.31. The topological polar surface area (TPSA) is 15.3 Å². The summed E-state index contributed by atoms with van der Waals surface area (Å²) in [7, 11) is 1.94. The minimum Gasteiger partial charge on any atom is -0.372 e. The molecule has 1 N–H and O–H groups in total. The molecule has 84 valence electrons. The zero-order valence-electron chi connectivity index (χ0n) is 9.68. The first-order valence-electron chi connectivity index (χ1n) is 5.41. The molecule has 0 amide bonds. The van der Waals surface area contributed by atoms with Crippen molar-refractivity contribution < 1.29 is 0 Å². The number of nitrogens with one attached hydrogen (secondary N) is 1. The average molecular weight is 227 g/mol. The second-order valence-electron chi connectivity index (χ2n) is 3.44. The zero-order chi connectivity index (χ0) is 11.3. The Morgan fingerprint density at radius 2 is 1.93 bits per heavy atom. The van der Waals surface area contributed by atoms with Gasteiger partial charge in [-0.1, -0.05) is 17.7 Å². The van der Waals surface area contributed by atoms with Crippen molar-refractivity contribution in [1.82, 2.24) is 5.32 Å². The van der Waals surface area contributed by atoms with Gasteiger partial charge in [0.1, 0.15) is 0 Å². The summed E-state index contributed by atoms with van der Waals surface area (Å²) in [6.07, 6.45) is 0. The van der Waals surface area contributed by atoms with E-state index in [9.17, 15) is 0 Å². The van der Waals surface area contributed by atoms with E-state index in [0.29, 0.717) is 0 Å². The quantitative estimate of drug-likeness (QED) is 0.831. The van der Waals surface area contributed by atoms with Crippen LogP contribution in [-0.2, 0) is 6.54 Å². The van der Waals surface area contributed by atoms with Gasteiger partial charge < -0.3 is 10.2 Å². The van der Waals surface area contributed by atoms with Gasteiger partial charge in [0.25, 0.3) is 0 Å². The highest BCUT2D eigenvalue weighted by Gasteiger charge is 2.10. The minimum atomic E-state index is 0.811. The van der Waals surface area contributed by atoms with Crippen molar-refractivity contribution in [2.24, 2.45) is 0 Å². The fourth-order valence-corrected chi connectivity index (χ4v) is 2.00. The standard InChI is InChI=1S/C12H19ClN2/c1-4-15(5-2)12-8-6-7-11(13)10(12)9-14-3/h6-8,14H,4-5,9H2,1-3H3. The maximum atomic E-state index is 6.20. The third-order valence-corrected chi connectivity index (χ3v) is 2.91. The van der Waals surface area contributed by atoms with Crippen LogP contribution in [0.5, 0.6) is 0 Å². The zero-order valence-corrected chi connectivity index (χ0v) is 10.4. The maximum Gasteiger partial charge on any atom is 0.0471 e. The summed E-state index contributed by atoms with van der Waals surface area (Å²) in [5.41, 5.74) is 2.42. The third-order valence-electron chi connectivity index (χ3n) is 2.55. The van der Waals surface area contributed by atoms with Crippen molar-refractivity contribution >= 4 is 17.3 Å². The van der Waals surface area contributed by atoms with Crippen LogP contribution in [0.4, 0.5) is 5.69 Å². The molecule has 15 heavy (non-hydrogen) atoms. The number of rotatable bonds is 5. The molecule has 0 atom stereocenters. The molecule has 0 fully saturated rings. The van der Waals surface area contributed by atoms with Crippen LogP contribution in [0.2, 0.25) is 5.02 Å². The number of hydrogen-bond donors (Lipinski definition) is 1. The van der Waals surface area contributed by atoms with Crippen LogP contribution in [0.3, 0.4) is 0 Å². The molecule has 3 heteroatoms. The number of benzene rings is 1. The van der Waals surface area contributed by atoms with E-state index >= 15 is 0 Å². The average Bonchev–Trinajstić information content (AvgIpc) is 2.24. The lowest BCUT2D eigenvalue weighted by Gasteiger charge is -2.24. The summed E-state index contributed by atoms with van der Waals surface area (Å²) >= 11 is 6.20. The van der Waals surface area contributed by atoms with Crippen molar-refractivity contribution in [1.29, 1.82) is 0 Å². The van der Waals surface area contributed by atoms with Crippen molar-refractivity contribution in [2.75, 3.05) is 25.0 Å². The molecule has 0 aliphatic rings. The van der Waals surface area contributed by atoms with Gasteiger partial charge in [-0.05, 0) is 33.0 Å². The smallest absolute Gasteiger partial charge is 0.0471 e. The molecule has 0 unspecified atom stereocenters. The summed E-state index contributed by atoms with van der Waals surface area (Å²) in [5, 5.41) is 4.00. The lowest BCUT2D eigenvalue weighted by molar-refractivity contribution is 0.796. The van der Waals surface area contributed by atoms with Crippen molar-refractivity contribution in [2.45, 2.75) is 20.4 Å². The molecule has 0 aliphatic carbocycles. The largest absolute Gasteiger partial charge is 0.372 e. The first kappa shape index (κ1) is 12.3. The fraction of sp³-hybridized carbons (Fsp3) is 0.500. The van der Waals surface area contributed by atoms with Crippen LogP contribution in [-0.4, -0.2) is 20.1 Å². The summed E-state index contributed by atoms with van der Waals surface area (Å²) < 4.78 is 0. The molecule has 0 radical (unpaired) electrons. The van der Waals surface area contributed by atoms with Gasteiger partial charge >= 0.3 is 0 Å². The number of halogens is 1. The third kappa shape index (κ3) is 2.86. The Morgan fingerprint density at radius 1 is 1.27 bits per heavy atom. The van der Waals surface area contributed by atoms with Crippen LogP contribution in [0.1, 0.15) is 19.4 Å². The molecule has 0 heterocycles. The second kappa shape index (κ2) is 5.99. The van der Waals surface area contributed by atoms with Gasteiger partial charge in [0.2, 0.25) is 0 Å². The van der Waals surface area contributed by atoms with E-state index in [2.05, 4.69) is 30.1 Å². The van der Waals surface area contributed by atoms with Crippen LogP contribution >= 0.6 is 11.6 Å². The second-order valence-corrected chi connectivity index (χ2v) is 3.85. The van der Waals surface area contributed by atoms with E-state index in [-0.39, 0.29) is 0 Å². The van der Waals surface area contributed by atoms with E-state index in [4.69, 9.17) is 11.6 Å². The molecular weight excluding hydrogens is 208 g/mol. The van der Waals surface area contributed by atoms with E-state index in [1.165, 1.54) is 11.3 Å². The van der Waals surface area contributed by atoms with E-state index in [1.54, 1.807) is 0 Å². The van der Waals surface area contributed by atoms with Gasteiger partial charge in [-0.2, -0.15) is 0 Å². The Bertz CT molecular complexity index is 308. The molecule has 0 aliphatic heterocycles. The lowest BCUT2D eigenvalue weighted by Crippen LogP contribution is -2.24. The highest BCUT2D eigenvalue weighted by atomic mass is 35.5. The predicted molar refractivity (Wildman–Crippen MR) is 67.8 cm³/mol. The molecule has 0 aromatic heterocycles. The van der Waals surface area contributed by atoms with E-state index < -0.39 is 0 Å². The molecule has 2 nitrogen and oxygen atoms in total. The van der Waals surface area contributed by atoms with Gasteiger partial charge in [0.05, 0.1) is 0 Å². The highest BCUT2D eigenvalue weighted by Crippen LogP contribution is 2.27. The molecule has 0 saturated heterocycles. The van der Waals surface area contributed by atoms with Crippen molar-refractivity contribution in [3.8, 4) is 0 Å². The Balaban J connectivity index is 3.09. The summed E-state index contributed by atoms with van der Waals surface area (Å²) in [6, 6.07) is 6.09. The summed E-state index contributed by atoms with van der Waals surface area (Å²) in [6.45, 7) is 7.15. The van der Waals surface area contributed by atoms with Crippen LogP contribution < -0.4 is 10.2 Å². The molecule has 1 rings (SSSR count). The molecule has 1 aromatic rings. The molecule has 0 spiro atoms.